The molecule has 0 atom stereocenters. The van der Waals surface area contributed by atoms with Crippen LogP contribution in [0.3, 0.4) is 0 Å². The second kappa shape index (κ2) is 13.6. The van der Waals surface area contributed by atoms with Crippen LogP contribution in [0.15, 0.2) is 193 Å². The molecule has 0 bridgehead atoms. The van der Waals surface area contributed by atoms with Gasteiger partial charge < -0.3 is 0 Å². The van der Waals surface area contributed by atoms with Gasteiger partial charge in [-0.15, -0.1) is 0 Å². The molecule has 2 nitrogen and oxygen atoms in total. The van der Waals surface area contributed by atoms with Gasteiger partial charge in [-0.2, -0.15) is 0 Å². The predicted molar refractivity (Wildman–Crippen MR) is 256 cm³/mol. The quantitative estimate of drug-likeness (QED) is 0.157. The van der Waals surface area contributed by atoms with Crippen molar-refractivity contribution >= 4 is 110 Å². The van der Waals surface area contributed by atoms with E-state index in [4.69, 9.17) is 4.99 Å². The minimum absolute atomic E-state index is 0.717. The average Bonchev–Trinajstić information content (AvgIpc) is 3.96. The van der Waals surface area contributed by atoms with E-state index >= 15 is 0 Å². The molecule has 9 aromatic carbocycles. The van der Waals surface area contributed by atoms with Gasteiger partial charge in [-0.25, -0.2) is 0 Å². The molecule has 282 valence electrons. The van der Waals surface area contributed by atoms with Gasteiger partial charge in [0, 0.05) is 0 Å². The van der Waals surface area contributed by atoms with Crippen molar-refractivity contribution in [2.45, 2.75) is 0 Å². The SMILES string of the molecule is C1=c2c(sc3c2ccc2ccccc23)=C(c2ccccc2)N=C(n2c3ccc(-c4ccccc4)cc3c3c4ccccc4c4c5cc(-c6ccccc6)ccc5sc4c32)[I-]1. The summed E-state index contributed by atoms with van der Waals surface area (Å²) >= 11 is 3.10. The monoisotopic (exact) mass is 911 g/mol. The fourth-order valence-electron chi connectivity index (χ4n) is 9.33. The van der Waals surface area contributed by atoms with E-state index in [1.165, 1.54) is 106 Å². The van der Waals surface area contributed by atoms with E-state index in [2.05, 4.69) is 197 Å². The summed E-state index contributed by atoms with van der Waals surface area (Å²) in [5.74, 6) is 0. The zero-order valence-corrected chi connectivity index (χ0v) is 35.9. The van der Waals surface area contributed by atoms with E-state index in [1.807, 2.05) is 22.7 Å². The molecule has 4 heterocycles. The number of rotatable bonds is 3. The van der Waals surface area contributed by atoms with Crippen LogP contribution in [-0.2, 0) is 0 Å². The van der Waals surface area contributed by atoms with E-state index in [0.717, 1.165) is 15.1 Å². The molecule has 0 radical (unpaired) electrons. The molecular formula is C55H32IN2S2-. The van der Waals surface area contributed by atoms with Crippen LogP contribution in [0.1, 0.15) is 5.56 Å². The Morgan fingerprint density at radius 1 is 0.433 bits per heavy atom. The first-order chi connectivity index (χ1) is 29.8. The van der Waals surface area contributed by atoms with E-state index in [-0.39, 0.29) is 0 Å². The summed E-state index contributed by atoms with van der Waals surface area (Å²) in [5.41, 5.74) is 9.56. The maximum atomic E-state index is 5.91. The second-order valence-corrected chi connectivity index (χ2v) is 19.7. The van der Waals surface area contributed by atoms with Crippen molar-refractivity contribution in [2.75, 3.05) is 0 Å². The third-order valence-corrected chi connectivity index (χ3v) is 16.7. The standard InChI is InChI=1S/C55H32IN2S2/c1-4-14-33(15-5-1)37-25-28-46-43(30-37)48-40-22-12-13-23-41(40)49-44-31-38(34-16-6-2-7-17-34)26-29-47(44)59-54(49)51(48)58(46)55-56-32-45-42-27-24-35-18-10-11-21-39(35)52(42)60-53(45)50(57-55)36-19-8-3-9-20-36/h1-32H/q-1. The number of thiophene rings is 2. The molecule has 12 aromatic rings. The third-order valence-electron chi connectivity index (χ3n) is 12.1. The number of hydrogen-bond acceptors (Lipinski definition) is 3. The van der Waals surface area contributed by atoms with Crippen molar-refractivity contribution in [3.63, 3.8) is 0 Å². The Hall–Kier alpha value is -6.38. The van der Waals surface area contributed by atoms with E-state index < -0.39 is 21.2 Å². The summed E-state index contributed by atoms with van der Waals surface area (Å²) in [6, 6.07) is 69.1. The molecule has 60 heavy (non-hydrogen) atoms. The topological polar surface area (TPSA) is 17.3 Å². The summed E-state index contributed by atoms with van der Waals surface area (Å²) in [6.07, 6.45) is 0. The number of nitrogens with zero attached hydrogens (tertiary/aromatic N) is 2. The molecule has 0 amide bonds. The molecular weight excluding hydrogens is 880 g/mol. The van der Waals surface area contributed by atoms with Gasteiger partial charge in [-0.05, 0) is 0 Å². The van der Waals surface area contributed by atoms with Crippen LogP contribution >= 0.6 is 22.7 Å². The summed E-state index contributed by atoms with van der Waals surface area (Å²) in [6.45, 7) is 0. The Kier molecular flexibility index (Phi) is 7.80. The van der Waals surface area contributed by atoms with Crippen molar-refractivity contribution in [1.82, 2.24) is 4.57 Å². The zero-order valence-electron chi connectivity index (χ0n) is 32.1. The summed E-state index contributed by atoms with van der Waals surface area (Å²) in [5, 5.41) is 13.0. The molecule has 5 heteroatoms. The van der Waals surface area contributed by atoms with E-state index in [0.29, 0.717) is 0 Å². The molecule has 0 saturated heterocycles. The van der Waals surface area contributed by atoms with Gasteiger partial charge in [0.25, 0.3) is 0 Å². The number of aliphatic imine (C=N–C) groups is 1. The fraction of sp³-hybridized carbons (Fsp3) is 0. The molecule has 0 aliphatic carbocycles. The van der Waals surface area contributed by atoms with Gasteiger partial charge in [-0.3, -0.25) is 0 Å². The minimum atomic E-state index is -0.717. The first-order valence-electron chi connectivity index (χ1n) is 20.2. The first kappa shape index (κ1) is 34.5. The van der Waals surface area contributed by atoms with Crippen LogP contribution in [0.25, 0.3) is 106 Å². The Labute approximate surface area is 363 Å². The molecule has 0 spiro atoms. The maximum absolute atomic E-state index is 5.91. The van der Waals surface area contributed by atoms with Crippen LogP contribution in [0.5, 0.6) is 0 Å². The van der Waals surface area contributed by atoms with Crippen LogP contribution in [0.2, 0.25) is 0 Å². The number of benzene rings is 9. The summed E-state index contributed by atoms with van der Waals surface area (Å²) in [4.78, 5) is 5.91. The van der Waals surface area contributed by atoms with Crippen molar-refractivity contribution in [3.8, 4) is 22.3 Å². The van der Waals surface area contributed by atoms with Crippen LogP contribution in [-0.4, -0.2) is 8.41 Å². The fourth-order valence-corrected chi connectivity index (χ4v) is 14.5. The van der Waals surface area contributed by atoms with Crippen LogP contribution in [0, 0.1) is 0 Å². The van der Waals surface area contributed by atoms with E-state index in [1.54, 1.807) is 0 Å². The average molecular weight is 912 g/mol. The van der Waals surface area contributed by atoms with Crippen molar-refractivity contribution in [1.29, 1.82) is 0 Å². The molecule has 1 aliphatic rings. The summed E-state index contributed by atoms with van der Waals surface area (Å²) < 4.78 is 11.5. The Balaban J connectivity index is 1.18. The van der Waals surface area contributed by atoms with Gasteiger partial charge in [0.1, 0.15) is 0 Å². The second-order valence-electron chi connectivity index (χ2n) is 15.4. The van der Waals surface area contributed by atoms with Gasteiger partial charge in [0.15, 0.2) is 0 Å². The number of aromatic nitrogens is 1. The van der Waals surface area contributed by atoms with E-state index in [9.17, 15) is 0 Å². The first-order valence-corrected chi connectivity index (χ1v) is 24.1. The van der Waals surface area contributed by atoms with Crippen LogP contribution in [0.4, 0.5) is 0 Å². The molecule has 0 saturated carbocycles. The molecule has 0 N–H and O–H groups in total. The molecule has 13 rings (SSSR count). The molecule has 0 unspecified atom stereocenters. The molecule has 3 aromatic heterocycles. The Morgan fingerprint density at radius 3 is 1.78 bits per heavy atom. The Morgan fingerprint density at radius 2 is 1.05 bits per heavy atom. The number of hydrogen-bond donors (Lipinski definition) is 0. The van der Waals surface area contributed by atoms with Crippen molar-refractivity contribution in [2.24, 2.45) is 4.99 Å². The Bertz CT molecular complexity index is 3900. The molecule has 1 aliphatic heterocycles. The third kappa shape index (κ3) is 5.19. The van der Waals surface area contributed by atoms with Gasteiger partial charge >= 0.3 is 366 Å². The van der Waals surface area contributed by atoms with Gasteiger partial charge in [-0.1, -0.05) is 0 Å². The van der Waals surface area contributed by atoms with Gasteiger partial charge in [0.2, 0.25) is 0 Å². The van der Waals surface area contributed by atoms with Crippen LogP contribution < -0.4 is 31.0 Å². The normalized spacial score (nSPS) is 13.3. The predicted octanol–water partition coefficient (Wildman–Crippen LogP) is 10.9. The number of halogens is 1. The summed E-state index contributed by atoms with van der Waals surface area (Å²) in [7, 11) is 0. The van der Waals surface area contributed by atoms with Crippen molar-refractivity contribution in [3.05, 3.63) is 203 Å². The van der Waals surface area contributed by atoms with Gasteiger partial charge in [0.05, 0.1) is 0 Å². The zero-order chi connectivity index (χ0) is 39.3. The number of fused-ring (bicyclic) bond motifs is 15. The van der Waals surface area contributed by atoms with Crippen molar-refractivity contribution < 1.29 is 21.2 Å². The molecule has 0 fully saturated rings.